The first-order chi connectivity index (χ1) is 8.70. The van der Waals surface area contributed by atoms with Gasteiger partial charge in [0.2, 0.25) is 5.78 Å². The minimum Gasteiger partial charge on any atom is -0.497 e. The molecule has 0 fully saturated rings. The van der Waals surface area contributed by atoms with Gasteiger partial charge >= 0.3 is 0 Å². The highest BCUT2D eigenvalue weighted by Gasteiger charge is 2.12. The SMILES string of the molecule is COc1ccc(Br)c(CC(=O)c2ncccn2)c1. The highest BCUT2D eigenvalue weighted by molar-refractivity contribution is 9.10. The number of ketones is 1. The number of rotatable bonds is 4. The molecule has 92 valence electrons. The van der Waals surface area contributed by atoms with Crippen molar-refractivity contribution >= 4 is 21.7 Å². The molecular weight excluding hydrogens is 296 g/mol. The molecule has 1 aromatic heterocycles. The largest absolute Gasteiger partial charge is 0.497 e. The van der Waals surface area contributed by atoms with E-state index in [1.807, 2.05) is 18.2 Å². The van der Waals surface area contributed by atoms with Crippen LogP contribution in [0, 0.1) is 0 Å². The van der Waals surface area contributed by atoms with E-state index < -0.39 is 0 Å². The number of hydrogen-bond acceptors (Lipinski definition) is 4. The molecule has 2 aromatic rings. The molecule has 0 radical (unpaired) electrons. The lowest BCUT2D eigenvalue weighted by Crippen LogP contribution is -2.08. The topological polar surface area (TPSA) is 52.1 Å². The van der Waals surface area contributed by atoms with E-state index in [1.54, 1.807) is 25.6 Å². The summed E-state index contributed by atoms with van der Waals surface area (Å²) in [5.41, 5.74) is 0.854. The van der Waals surface area contributed by atoms with Gasteiger partial charge in [0.05, 0.1) is 7.11 Å². The maximum Gasteiger partial charge on any atom is 0.204 e. The summed E-state index contributed by atoms with van der Waals surface area (Å²) in [6.45, 7) is 0. The van der Waals surface area contributed by atoms with E-state index in [0.29, 0.717) is 0 Å². The van der Waals surface area contributed by atoms with Crippen LogP contribution in [0.15, 0.2) is 41.1 Å². The van der Waals surface area contributed by atoms with Crippen LogP contribution in [-0.4, -0.2) is 22.9 Å². The van der Waals surface area contributed by atoms with E-state index >= 15 is 0 Å². The summed E-state index contributed by atoms with van der Waals surface area (Å²) in [5, 5.41) is 0. The third-order valence-corrected chi connectivity index (χ3v) is 3.19. The molecule has 0 N–H and O–H groups in total. The van der Waals surface area contributed by atoms with Gasteiger partial charge in [-0.25, -0.2) is 9.97 Å². The second kappa shape index (κ2) is 5.73. The molecule has 2 rings (SSSR count). The average Bonchev–Trinajstić information content (AvgIpc) is 2.42. The zero-order valence-corrected chi connectivity index (χ0v) is 11.3. The number of hydrogen-bond donors (Lipinski definition) is 0. The van der Waals surface area contributed by atoms with Crippen LogP contribution in [0.4, 0.5) is 0 Å². The van der Waals surface area contributed by atoms with Crippen molar-refractivity contribution in [2.45, 2.75) is 6.42 Å². The van der Waals surface area contributed by atoms with Gasteiger partial charge in [0.25, 0.3) is 0 Å². The maximum absolute atomic E-state index is 12.0. The summed E-state index contributed by atoms with van der Waals surface area (Å²) in [4.78, 5) is 19.9. The zero-order valence-electron chi connectivity index (χ0n) is 9.76. The van der Waals surface area contributed by atoms with Crippen LogP contribution in [0.25, 0.3) is 0 Å². The molecule has 18 heavy (non-hydrogen) atoms. The lowest BCUT2D eigenvalue weighted by atomic mass is 10.1. The van der Waals surface area contributed by atoms with Crippen LogP contribution in [0.1, 0.15) is 16.2 Å². The number of benzene rings is 1. The van der Waals surface area contributed by atoms with Crippen molar-refractivity contribution in [2.75, 3.05) is 7.11 Å². The van der Waals surface area contributed by atoms with Crippen molar-refractivity contribution in [3.05, 3.63) is 52.5 Å². The van der Waals surface area contributed by atoms with E-state index in [4.69, 9.17) is 4.74 Å². The van der Waals surface area contributed by atoms with E-state index in [2.05, 4.69) is 25.9 Å². The Balaban J connectivity index is 2.21. The number of methoxy groups -OCH3 is 1. The van der Waals surface area contributed by atoms with E-state index in [1.165, 1.54) is 0 Å². The number of Topliss-reactive ketones (excluding diaryl/α,β-unsaturated/α-hetero) is 1. The second-order valence-corrected chi connectivity index (χ2v) is 4.48. The molecule has 5 heteroatoms. The Hall–Kier alpha value is -1.75. The van der Waals surface area contributed by atoms with Crippen molar-refractivity contribution in [1.82, 2.24) is 9.97 Å². The number of nitrogens with zero attached hydrogens (tertiary/aromatic N) is 2. The van der Waals surface area contributed by atoms with E-state index in [-0.39, 0.29) is 18.0 Å². The minimum absolute atomic E-state index is 0.121. The van der Waals surface area contributed by atoms with Crippen LogP contribution >= 0.6 is 15.9 Å². The van der Waals surface area contributed by atoms with Gasteiger partial charge in [-0.3, -0.25) is 4.79 Å². The van der Waals surface area contributed by atoms with Crippen LogP contribution in [0.3, 0.4) is 0 Å². The van der Waals surface area contributed by atoms with Crippen LogP contribution in [0.2, 0.25) is 0 Å². The smallest absolute Gasteiger partial charge is 0.204 e. The number of carbonyl (C=O) groups is 1. The molecule has 0 saturated heterocycles. The summed E-state index contributed by atoms with van der Waals surface area (Å²) < 4.78 is 6.00. The average molecular weight is 307 g/mol. The Labute approximate surface area is 113 Å². The van der Waals surface area contributed by atoms with Gasteiger partial charge < -0.3 is 4.74 Å². The molecule has 0 amide bonds. The Bertz CT molecular complexity index is 558. The van der Waals surface area contributed by atoms with Crippen LogP contribution in [-0.2, 0) is 6.42 Å². The fourth-order valence-electron chi connectivity index (χ4n) is 1.51. The molecule has 1 aromatic carbocycles. The zero-order chi connectivity index (χ0) is 13.0. The minimum atomic E-state index is -0.121. The molecule has 0 atom stereocenters. The van der Waals surface area contributed by atoms with Gasteiger partial charge in [-0.15, -0.1) is 0 Å². The normalized spacial score (nSPS) is 10.1. The summed E-state index contributed by atoms with van der Waals surface area (Å²) in [5.74, 6) is 0.826. The summed E-state index contributed by atoms with van der Waals surface area (Å²) >= 11 is 3.41. The lowest BCUT2D eigenvalue weighted by Gasteiger charge is -2.06. The predicted molar refractivity (Wildman–Crippen MR) is 70.8 cm³/mol. The van der Waals surface area contributed by atoms with Crippen molar-refractivity contribution in [3.63, 3.8) is 0 Å². The predicted octanol–water partition coefficient (Wildman–Crippen LogP) is 2.67. The van der Waals surface area contributed by atoms with Gasteiger partial charge in [-0.2, -0.15) is 0 Å². The van der Waals surface area contributed by atoms with Gasteiger partial charge in [0.15, 0.2) is 5.82 Å². The number of halogens is 1. The Morgan fingerprint density at radius 1 is 1.33 bits per heavy atom. The van der Waals surface area contributed by atoms with Crippen molar-refractivity contribution < 1.29 is 9.53 Å². The first-order valence-electron chi connectivity index (χ1n) is 5.33. The number of ether oxygens (including phenoxy) is 1. The van der Waals surface area contributed by atoms with Gasteiger partial charge in [0, 0.05) is 23.3 Å². The van der Waals surface area contributed by atoms with E-state index in [0.717, 1.165) is 15.8 Å². The lowest BCUT2D eigenvalue weighted by molar-refractivity contribution is 0.0983. The first kappa shape index (κ1) is 12.7. The highest BCUT2D eigenvalue weighted by Crippen LogP contribution is 2.23. The molecule has 0 aliphatic carbocycles. The maximum atomic E-state index is 12.0. The highest BCUT2D eigenvalue weighted by atomic mass is 79.9. The Morgan fingerprint density at radius 3 is 2.72 bits per heavy atom. The molecule has 0 spiro atoms. The molecule has 0 saturated carbocycles. The molecule has 0 aliphatic heterocycles. The molecule has 1 heterocycles. The third kappa shape index (κ3) is 2.92. The van der Waals surface area contributed by atoms with Crippen LogP contribution < -0.4 is 4.74 Å². The van der Waals surface area contributed by atoms with Gasteiger partial charge in [0.1, 0.15) is 5.75 Å². The Morgan fingerprint density at radius 2 is 2.06 bits per heavy atom. The molecular formula is C13H11BrN2O2. The first-order valence-corrected chi connectivity index (χ1v) is 6.12. The monoisotopic (exact) mass is 306 g/mol. The quantitative estimate of drug-likeness (QED) is 0.815. The second-order valence-electron chi connectivity index (χ2n) is 3.63. The molecule has 0 bridgehead atoms. The molecule has 0 unspecified atom stereocenters. The van der Waals surface area contributed by atoms with E-state index in [9.17, 15) is 4.79 Å². The van der Waals surface area contributed by atoms with Gasteiger partial charge in [-0.05, 0) is 29.8 Å². The van der Waals surface area contributed by atoms with Crippen molar-refractivity contribution in [1.29, 1.82) is 0 Å². The summed E-state index contributed by atoms with van der Waals surface area (Å²) in [6, 6.07) is 7.19. The summed E-state index contributed by atoms with van der Waals surface area (Å²) in [6.07, 6.45) is 3.35. The summed E-state index contributed by atoms with van der Waals surface area (Å²) in [7, 11) is 1.59. The standard InChI is InChI=1S/C13H11BrN2O2/c1-18-10-3-4-11(14)9(7-10)8-12(17)13-15-5-2-6-16-13/h2-7H,8H2,1H3. The molecule has 4 nitrogen and oxygen atoms in total. The number of aromatic nitrogens is 2. The fraction of sp³-hybridized carbons (Fsp3) is 0.154. The Kier molecular flexibility index (Phi) is 4.04. The number of carbonyl (C=O) groups excluding carboxylic acids is 1. The van der Waals surface area contributed by atoms with Crippen LogP contribution in [0.5, 0.6) is 5.75 Å². The van der Waals surface area contributed by atoms with Crippen molar-refractivity contribution in [2.24, 2.45) is 0 Å². The fourth-order valence-corrected chi connectivity index (χ4v) is 1.90. The van der Waals surface area contributed by atoms with Gasteiger partial charge in [-0.1, -0.05) is 15.9 Å². The van der Waals surface area contributed by atoms with Crippen molar-refractivity contribution in [3.8, 4) is 5.75 Å². The molecule has 0 aliphatic rings. The third-order valence-electron chi connectivity index (χ3n) is 2.42.